The summed E-state index contributed by atoms with van der Waals surface area (Å²) in [4.78, 5) is 64.3. The first-order valence-electron chi connectivity index (χ1n) is 14.5. The van der Waals surface area contributed by atoms with Gasteiger partial charge in [0.2, 0.25) is 0 Å². The maximum absolute atomic E-state index is 14.5. The molecule has 2 bridgehead atoms. The summed E-state index contributed by atoms with van der Waals surface area (Å²) >= 11 is 0. The van der Waals surface area contributed by atoms with Gasteiger partial charge in [0.25, 0.3) is 0 Å². The Balaban J connectivity index is 1.67. The molecule has 12 atom stereocenters. The minimum Gasteiger partial charge on any atom is -0.462 e. The molecule has 4 aliphatic carbocycles. The topological polar surface area (TPSA) is 132 Å². The van der Waals surface area contributed by atoms with Gasteiger partial charge in [-0.25, -0.2) is 0 Å². The van der Waals surface area contributed by atoms with Crippen LogP contribution in [0, 0.1) is 46.8 Å². The van der Waals surface area contributed by atoms with E-state index in [1.54, 1.807) is 13.8 Å². The summed E-state index contributed by atoms with van der Waals surface area (Å²) in [6, 6.07) is 0. The molecule has 5 rings (SSSR count). The SMILES string of the molecule is CC(=O)O[C@@H]1[C@@H]2C[C@H](C)[C@H](OC(=O)C(C)C)[C@H]2C[C@@]23CO[C@]1(C)[C@@H]2[C@@H]1[C@@H](C[C@]1(C)OC(C)=O)[C@@H](OC(C)=O)C3=O. The lowest BCUT2D eigenvalue weighted by Gasteiger charge is -2.63. The molecule has 0 aromatic rings. The predicted octanol–water partition coefficient (Wildman–Crippen LogP) is 3.03. The van der Waals surface area contributed by atoms with Crippen LogP contribution in [0.15, 0.2) is 0 Å². The second-order valence-electron chi connectivity index (χ2n) is 13.6. The quantitative estimate of drug-likeness (QED) is 0.364. The van der Waals surface area contributed by atoms with Crippen LogP contribution in [-0.2, 0) is 47.7 Å². The van der Waals surface area contributed by atoms with E-state index in [4.69, 9.17) is 23.7 Å². The highest BCUT2D eigenvalue weighted by Gasteiger charge is 2.80. The maximum atomic E-state index is 14.5. The van der Waals surface area contributed by atoms with E-state index in [-0.39, 0.29) is 53.9 Å². The van der Waals surface area contributed by atoms with Crippen molar-refractivity contribution in [2.45, 2.75) is 104 Å². The summed E-state index contributed by atoms with van der Waals surface area (Å²) in [5, 5.41) is 0. The molecule has 40 heavy (non-hydrogen) atoms. The van der Waals surface area contributed by atoms with Crippen LogP contribution in [0.5, 0.6) is 0 Å². The van der Waals surface area contributed by atoms with Crippen molar-refractivity contribution < 1.29 is 47.7 Å². The van der Waals surface area contributed by atoms with E-state index in [0.717, 1.165) is 0 Å². The predicted molar refractivity (Wildman–Crippen MR) is 138 cm³/mol. The van der Waals surface area contributed by atoms with Gasteiger partial charge in [0.1, 0.15) is 23.4 Å². The van der Waals surface area contributed by atoms with Crippen molar-refractivity contribution >= 4 is 29.7 Å². The highest BCUT2D eigenvalue weighted by molar-refractivity contribution is 5.93. The standard InChI is InChI=1S/C30H42O10/c1-13(2)27(35)39-22-14(3)9-18-19(22)11-30-12-36-29(8,26(18)38-16(5)32)24(30)21-20(10-28(21,7)40-17(6)33)23(25(30)34)37-15(4)31/h13-14,18-24,26H,9-12H2,1-8H3/t14-,18+,19-,20+,21-,22-,23+,24-,26+,28-,29+,30+/m0/s1. The largest absolute Gasteiger partial charge is 0.462 e. The van der Waals surface area contributed by atoms with Gasteiger partial charge in [0.15, 0.2) is 11.9 Å². The van der Waals surface area contributed by atoms with Gasteiger partial charge >= 0.3 is 23.9 Å². The zero-order valence-corrected chi connectivity index (χ0v) is 24.7. The van der Waals surface area contributed by atoms with Crippen LogP contribution in [0.25, 0.3) is 0 Å². The number of ether oxygens (including phenoxy) is 5. The van der Waals surface area contributed by atoms with Crippen LogP contribution in [-0.4, -0.2) is 65.8 Å². The Morgan fingerprint density at radius 1 is 0.900 bits per heavy atom. The minimum atomic E-state index is -1.11. The molecule has 5 fully saturated rings. The molecule has 10 heteroatoms. The normalized spacial score (nSPS) is 46.7. The molecule has 0 spiro atoms. The van der Waals surface area contributed by atoms with Crippen molar-refractivity contribution in [2.24, 2.45) is 46.8 Å². The maximum Gasteiger partial charge on any atom is 0.308 e. The molecule has 0 amide bonds. The number of esters is 4. The van der Waals surface area contributed by atoms with Gasteiger partial charge in [-0.05, 0) is 39.0 Å². The Labute approximate surface area is 235 Å². The summed E-state index contributed by atoms with van der Waals surface area (Å²) in [5.41, 5.74) is -3.11. The molecule has 1 saturated heterocycles. The van der Waals surface area contributed by atoms with Gasteiger partial charge in [-0.3, -0.25) is 24.0 Å². The fraction of sp³-hybridized carbons (Fsp3) is 0.833. The zero-order valence-electron chi connectivity index (χ0n) is 24.7. The first-order chi connectivity index (χ1) is 18.6. The Morgan fingerprint density at radius 3 is 2.12 bits per heavy atom. The van der Waals surface area contributed by atoms with Gasteiger partial charge in [-0.2, -0.15) is 0 Å². The van der Waals surface area contributed by atoms with Gasteiger partial charge in [0, 0.05) is 50.4 Å². The fourth-order valence-electron chi connectivity index (χ4n) is 9.36. The number of ketones is 1. The molecule has 1 aliphatic heterocycles. The lowest BCUT2D eigenvalue weighted by molar-refractivity contribution is -0.252. The summed E-state index contributed by atoms with van der Waals surface area (Å²) in [6.45, 7) is 13.4. The summed E-state index contributed by atoms with van der Waals surface area (Å²) in [7, 11) is 0. The molecule has 0 aromatic heterocycles. The number of rotatable bonds is 5. The number of carbonyl (C=O) groups excluding carboxylic acids is 5. The van der Waals surface area contributed by atoms with E-state index >= 15 is 0 Å². The zero-order chi connectivity index (χ0) is 29.5. The molecule has 0 N–H and O–H groups in total. The first-order valence-corrected chi connectivity index (χ1v) is 14.5. The average molecular weight is 563 g/mol. The van der Waals surface area contributed by atoms with Crippen LogP contribution in [0.3, 0.4) is 0 Å². The lowest BCUT2D eigenvalue weighted by atomic mass is 9.42. The van der Waals surface area contributed by atoms with Gasteiger partial charge in [-0.15, -0.1) is 0 Å². The smallest absolute Gasteiger partial charge is 0.308 e. The van der Waals surface area contributed by atoms with E-state index in [0.29, 0.717) is 19.3 Å². The van der Waals surface area contributed by atoms with Gasteiger partial charge < -0.3 is 23.7 Å². The Morgan fingerprint density at radius 2 is 1.55 bits per heavy atom. The molecule has 10 nitrogen and oxygen atoms in total. The van der Waals surface area contributed by atoms with Crippen LogP contribution in [0.1, 0.15) is 74.7 Å². The minimum absolute atomic E-state index is 0.0302. The molecule has 4 saturated carbocycles. The molecular weight excluding hydrogens is 520 g/mol. The molecule has 0 unspecified atom stereocenters. The van der Waals surface area contributed by atoms with Crippen molar-refractivity contribution in [1.82, 2.24) is 0 Å². The van der Waals surface area contributed by atoms with Crippen molar-refractivity contribution in [2.75, 3.05) is 6.61 Å². The van der Waals surface area contributed by atoms with Crippen molar-refractivity contribution in [3.63, 3.8) is 0 Å². The average Bonchev–Trinajstić information content (AvgIpc) is 3.26. The Hall–Kier alpha value is -2.49. The number of hydrogen-bond donors (Lipinski definition) is 0. The second kappa shape index (κ2) is 9.53. The third-order valence-corrected chi connectivity index (χ3v) is 10.6. The first kappa shape index (κ1) is 29.0. The third-order valence-electron chi connectivity index (χ3n) is 10.6. The highest BCUT2D eigenvalue weighted by atomic mass is 16.6. The van der Waals surface area contributed by atoms with Gasteiger partial charge in [0.05, 0.1) is 17.9 Å². The van der Waals surface area contributed by atoms with Gasteiger partial charge in [-0.1, -0.05) is 20.8 Å². The lowest BCUT2D eigenvalue weighted by Crippen LogP contribution is -2.73. The summed E-state index contributed by atoms with van der Waals surface area (Å²) < 4.78 is 30.3. The monoisotopic (exact) mass is 562 g/mol. The molecule has 222 valence electrons. The molecule has 0 radical (unpaired) electrons. The Kier molecular flexibility index (Phi) is 6.91. The number of fused-ring (bicyclic) bond motifs is 2. The van der Waals surface area contributed by atoms with Crippen LogP contribution in [0.4, 0.5) is 0 Å². The van der Waals surface area contributed by atoms with Crippen LogP contribution >= 0.6 is 0 Å². The van der Waals surface area contributed by atoms with E-state index in [9.17, 15) is 24.0 Å². The van der Waals surface area contributed by atoms with Crippen molar-refractivity contribution in [1.29, 1.82) is 0 Å². The summed E-state index contributed by atoms with van der Waals surface area (Å²) in [5.74, 6) is -4.08. The molecule has 5 aliphatic rings. The van der Waals surface area contributed by atoms with E-state index in [2.05, 4.69) is 0 Å². The van der Waals surface area contributed by atoms with Crippen molar-refractivity contribution in [3.8, 4) is 0 Å². The van der Waals surface area contributed by atoms with E-state index in [1.807, 2.05) is 20.8 Å². The van der Waals surface area contributed by atoms with Crippen LogP contribution < -0.4 is 0 Å². The summed E-state index contributed by atoms with van der Waals surface area (Å²) in [6.07, 6.45) is -0.887. The number of Topliss-reactive ketones (excluding diaryl/α,β-unsaturated/α-hetero) is 1. The third kappa shape index (κ3) is 4.10. The van der Waals surface area contributed by atoms with Crippen LogP contribution in [0.2, 0.25) is 0 Å². The van der Waals surface area contributed by atoms with Crippen molar-refractivity contribution in [3.05, 3.63) is 0 Å². The number of carbonyl (C=O) groups is 5. The molecular formula is C30H42O10. The molecule has 1 heterocycles. The highest BCUT2D eigenvalue weighted by Crippen LogP contribution is 2.71. The fourth-order valence-corrected chi connectivity index (χ4v) is 9.36. The Bertz CT molecular complexity index is 1130. The second-order valence-corrected chi connectivity index (χ2v) is 13.6. The number of hydrogen-bond acceptors (Lipinski definition) is 10. The van der Waals surface area contributed by atoms with E-state index in [1.165, 1.54) is 20.8 Å². The molecule has 0 aromatic carbocycles. The van der Waals surface area contributed by atoms with E-state index < -0.39 is 58.8 Å².